The molecule has 9 heteroatoms. The highest BCUT2D eigenvalue weighted by Crippen LogP contribution is 2.26. The van der Waals surface area contributed by atoms with Gasteiger partial charge in [0.1, 0.15) is 0 Å². The highest BCUT2D eigenvalue weighted by atomic mass is 35.5. The number of halogens is 1. The summed E-state index contributed by atoms with van der Waals surface area (Å²) < 4.78 is 32.3. The van der Waals surface area contributed by atoms with Gasteiger partial charge in [0, 0.05) is 24.7 Å². The van der Waals surface area contributed by atoms with Crippen LogP contribution in [-0.4, -0.2) is 49.9 Å². The first-order valence-electron chi connectivity index (χ1n) is 8.99. The van der Waals surface area contributed by atoms with E-state index in [0.717, 1.165) is 5.39 Å². The molecule has 0 bridgehead atoms. The number of aromatic nitrogens is 1. The summed E-state index contributed by atoms with van der Waals surface area (Å²) in [5.74, 6) is -0.507. The highest BCUT2D eigenvalue weighted by Gasteiger charge is 2.27. The first kappa shape index (κ1) is 19.8. The number of ether oxygens (including phenoxy) is 1. The van der Waals surface area contributed by atoms with Crippen LogP contribution < -0.4 is 5.32 Å². The van der Waals surface area contributed by atoms with Gasteiger partial charge in [-0.25, -0.2) is 8.42 Å². The number of hydrogen-bond donors (Lipinski definition) is 1. The second-order valence-electron chi connectivity index (χ2n) is 6.49. The molecule has 1 aliphatic rings. The summed E-state index contributed by atoms with van der Waals surface area (Å²) in [6.45, 7) is 1.23. The molecule has 1 aromatic heterocycles. The van der Waals surface area contributed by atoms with E-state index >= 15 is 0 Å². The van der Waals surface area contributed by atoms with Crippen molar-refractivity contribution < 1.29 is 17.9 Å². The summed E-state index contributed by atoms with van der Waals surface area (Å²) >= 11 is 6.21. The number of sulfonamides is 1. The SMILES string of the molecule is O=C(Nc1cccc2cccnc12)c1cc(S(=O)(=O)N2CCOCC2)ccc1Cl. The topological polar surface area (TPSA) is 88.6 Å². The Morgan fingerprint density at radius 2 is 1.86 bits per heavy atom. The Bertz CT molecular complexity index is 1170. The zero-order chi connectivity index (χ0) is 20.4. The van der Waals surface area contributed by atoms with E-state index < -0.39 is 15.9 Å². The predicted octanol–water partition coefficient (Wildman–Crippen LogP) is 3.16. The van der Waals surface area contributed by atoms with Gasteiger partial charge in [0.25, 0.3) is 5.91 Å². The molecule has 0 radical (unpaired) electrons. The molecule has 2 aromatic carbocycles. The third-order valence-corrected chi connectivity index (χ3v) is 6.90. The minimum absolute atomic E-state index is 0.0185. The maximum atomic E-state index is 12.9. The predicted molar refractivity (Wildman–Crippen MR) is 111 cm³/mol. The lowest BCUT2D eigenvalue weighted by molar-refractivity contribution is 0.0730. The van der Waals surface area contributed by atoms with Crippen molar-refractivity contribution >= 4 is 44.1 Å². The van der Waals surface area contributed by atoms with Crippen molar-refractivity contribution in [1.82, 2.24) is 9.29 Å². The second kappa shape index (κ2) is 8.08. The third kappa shape index (κ3) is 3.97. The summed E-state index contributed by atoms with van der Waals surface area (Å²) in [5.41, 5.74) is 1.23. The first-order valence-corrected chi connectivity index (χ1v) is 10.8. The molecule has 29 heavy (non-hydrogen) atoms. The number of carbonyl (C=O) groups is 1. The van der Waals surface area contributed by atoms with E-state index in [-0.39, 0.29) is 28.6 Å². The van der Waals surface area contributed by atoms with Crippen LogP contribution in [0.2, 0.25) is 5.02 Å². The molecule has 0 atom stereocenters. The normalized spacial score (nSPS) is 15.3. The number of nitrogens with one attached hydrogen (secondary N) is 1. The lowest BCUT2D eigenvalue weighted by atomic mass is 10.1. The fourth-order valence-electron chi connectivity index (χ4n) is 3.17. The molecule has 2 heterocycles. The molecule has 1 fully saturated rings. The number of nitrogens with zero attached hydrogens (tertiary/aromatic N) is 2. The average molecular weight is 432 g/mol. The average Bonchev–Trinajstić information content (AvgIpc) is 2.75. The molecule has 0 saturated carbocycles. The Morgan fingerprint density at radius 3 is 2.66 bits per heavy atom. The fraction of sp³-hybridized carbons (Fsp3) is 0.200. The molecule has 1 aliphatic heterocycles. The number of benzene rings is 2. The van der Waals surface area contributed by atoms with Gasteiger partial charge in [0.2, 0.25) is 10.0 Å². The minimum atomic E-state index is -3.74. The first-order chi connectivity index (χ1) is 14.0. The molecular formula is C20H18ClN3O4S. The number of amides is 1. The van der Waals surface area contributed by atoms with Gasteiger partial charge >= 0.3 is 0 Å². The number of anilines is 1. The van der Waals surface area contributed by atoms with E-state index in [2.05, 4.69) is 10.3 Å². The number of rotatable bonds is 4. The maximum absolute atomic E-state index is 12.9. The molecule has 150 valence electrons. The van der Waals surface area contributed by atoms with E-state index in [1.54, 1.807) is 18.3 Å². The monoisotopic (exact) mass is 431 g/mol. The van der Waals surface area contributed by atoms with Gasteiger partial charge in [-0.05, 0) is 30.3 Å². The summed E-state index contributed by atoms with van der Waals surface area (Å²) in [4.78, 5) is 17.2. The molecule has 0 aliphatic carbocycles. The van der Waals surface area contributed by atoms with Crippen molar-refractivity contribution in [1.29, 1.82) is 0 Å². The van der Waals surface area contributed by atoms with E-state index in [1.165, 1.54) is 22.5 Å². The van der Waals surface area contributed by atoms with Gasteiger partial charge in [-0.15, -0.1) is 0 Å². The molecule has 3 aromatic rings. The van der Waals surface area contributed by atoms with Crippen molar-refractivity contribution in [2.45, 2.75) is 4.90 Å². The lowest BCUT2D eigenvalue weighted by Crippen LogP contribution is -2.40. The van der Waals surface area contributed by atoms with E-state index in [1.807, 2.05) is 18.2 Å². The van der Waals surface area contributed by atoms with E-state index in [0.29, 0.717) is 24.4 Å². The smallest absolute Gasteiger partial charge is 0.257 e. The maximum Gasteiger partial charge on any atom is 0.257 e. The number of pyridine rings is 1. The van der Waals surface area contributed by atoms with Gasteiger partial charge in [-0.1, -0.05) is 29.8 Å². The Kier molecular flexibility index (Phi) is 5.51. The zero-order valence-corrected chi connectivity index (χ0v) is 16.9. The van der Waals surface area contributed by atoms with Crippen molar-refractivity contribution in [3.63, 3.8) is 0 Å². The van der Waals surface area contributed by atoms with Gasteiger partial charge in [0.05, 0.1) is 39.9 Å². The Balaban J connectivity index is 1.66. The van der Waals surface area contributed by atoms with Crippen molar-refractivity contribution in [2.24, 2.45) is 0 Å². The van der Waals surface area contributed by atoms with Gasteiger partial charge < -0.3 is 10.1 Å². The Morgan fingerprint density at radius 1 is 1.10 bits per heavy atom. The van der Waals surface area contributed by atoms with Crippen molar-refractivity contribution in [3.05, 3.63) is 65.3 Å². The molecule has 4 rings (SSSR count). The molecule has 7 nitrogen and oxygen atoms in total. The summed E-state index contributed by atoms with van der Waals surface area (Å²) in [6.07, 6.45) is 1.64. The molecular weight excluding hydrogens is 414 g/mol. The Labute approximate surface area is 173 Å². The van der Waals surface area contributed by atoms with Gasteiger partial charge in [-0.2, -0.15) is 4.31 Å². The van der Waals surface area contributed by atoms with Crippen LogP contribution in [0.1, 0.15) is 10.4 Å². The zero-order valence-electron chi connectivity index (χ0n) is 15.3. The van der Waals surface area contributed by atoms with Crippen molar-refractivity contribution in [3.8, 4) is 0 Å². The standard InChI is InChI=1S/C20H18ClN3O4S/c21-17-7-6-15(29(26,27)24-9-11-28-12-10-24)13-16(17)20(25)23-18-5-1-3-14-4-2-8-22-19(14)18/h1-8,13H,9-12H2,(H,23,25). The second-order valence-corrected chi connectivity index (χ2v) is 8.84. The largest absolute Gasteiger partial charge is 0.379 e. The minimum Gasteiger partial charge on any atom is -0.379 e. The van der Waals surface area contributed by atoms with Crippen LogP contribution in [-0.2, 0) is 14.8 Å². The molecule has 0 spiro atoms. The number of morpholine rings is 1. The highest BCUT2D eigenvalue weighted by molar-refractivity contribution is 7.89. The van der Waals surface area contributed by atoms with Crippen LogP contribution in [0.25, 0.3) is 10.9 Å². The number of fused-ring (bicyclic) bond motifs is 1. The molecule has 0 unspecified atom stereocenters. The quantitative estimate of drug-likeness (QED) is 0.685. The van der Waals surface area contributed by atoms with Crippen LogP contribution in [0.3, 0.4) is 0 Å². The van der Waals surface area contributed by atoms with Crippen LogP contribution in [0.15, 0.2) is 59.6 Å². The number of carbonyl (C=O) groups excluding carboxylic acids is 1. The van der Waals surface area contributed by atoms with Crippen LogP contribution >= 0.6 is 11.6 Å². The molecule has 1 saturated heterocycles. The van der Waals surface area contributed by atoms with Crippen LogP contribution in [0.5, 0.6) is 0 Å². The Hall–Kier alpha value is -2.52. The third-order valence-electron chi connectivity index (χ3n) is 4.67. The van der Waals surface area contributed by atoms with Gasteiger partial charge in [0.15, 0.2) is 0 Å². The van der Waals surface area contributed by atoms with Gasteiger partial charge in [-0.3, -0.25) is 9.78 Å². The lowest BCUT2D eigenvalue weighted by Gasteiger charge is -2.26. The summed E-state index contributed by atoms with van der Waals surface area (Å²) in [7, 11) is -3.74. The summed E-state index contributed by atoms with van der Waals surface area (Å²) in [5, 5.41) is 3.82. The number of hydrogen-bond acceptors (Lipinski definition) is 5. The summed E-state index contributed by atoms with van der Waals surface area (Å²) in [6, 6.07) is 13.3. The van der Waals surface area contributed by atoms with E-state index in [4.69, 9.17) is 16.3 Å². The van der Waals surface area contributed by atoms with E-state index in [9.17, 15) is 13.2 Å². The molecule has 1 amide bonds. The fourth-order valence-corrected chi connectivity index (χ4v) is 4.81. The van der Waals surface area contributed by atoms with Crippen molar-refractivity contribution in [2.75, 3.05) is 31.6 Å². The van der Waals surface area contributed by atoms with Crippen LogP contribution in [0.4, 0.5) is 5.69 Å². The van der Waals surface area contributed by atoms with Crippen LogP contribution in [0, 0.1) is 0 Å². The number of para-hydroxylation sites is 1. The molecule has 1 N–H and O–H groups in total.